The molecule has 2 atom stereocenters. The zero-order chi connectivity index (χ0) is 13.7. The zero-order valence-corrected chi connectivity index (χ0v) is 12.1. The molecule has 2 rings (SSSR count). The third kappa shape index (κ3) is 3.93. The molecule has 1 aliphatic heterocycles. The van der Waals surface area contributed by atoms with Gasteiger partial charge in [0, 0.05) is 11.3 Å². The van der Waals surface area contributed by atoms with Gasteiger partial charge in [0.2, 0.25) is 0 Å². The smallest absolute Gasteiger partial charge is 0.162 e. The minimum absolute atomic E-state index is 0.240. The van der Waals surface area contributed by atoms with Crippen LogP contribution >= 0.6 is 11.8 Å². The van der Waals surface area contributed by atoms with Crippen molar-refractivity contribution >= 4 is 11.8 Å². The summed E-state index contributed by atoms with van der Waals surface area (Å²) in [5.74, 6) is -0.250. The lowest BCUT2D eigenvalue weighted by molar-refractivity contribution is 0.457. The van der Waals surface area contributed by atoms with Gasteiger partial charge in [-0.3, -0.25) is 0 Å². The number of benzene rings is 1. The van der Waals surface area contributed by atoms with Crippen molar-refractivity contribution in [3.8, 4) is 0 Å². The molecule has 1 N–H and O–H groups in total. The monoisotopic (exact) mass is 285 g/mol. The van der Waals surface area contributed by atoms with Crippen LogP contribution in [-0.2, 0) is 6.42 Å². The molecule has 0 aliphatic carbocycles. The Bertz CT molecular complexity index is 405. The van der Waals surface area contributed by atoms with Crippen LogP contribution in [0.2, 0.25) is 0 Å². The van der Waals surface area contributed by atoms with Gasteiger partial charge in [-0.05, 0) is 49.6 Å². The molecule has 0 aromatic heterocycles. The molecule has 1 saturated heterocycles. The molecule has 1 aromatic carbocycles. The first-order chi connectivity index (χ1) is 9.22. The molecule has 0 radical (unpaired) electrons. The van der Waals surface area contributed by atoms with Crippen LogP contribution in [0.3, 0.4) is 0 Å². The molecule has 1 aromatic rings. The molecule has 0 bridgehead atoms. The molecule has 1 aliphatic rings. The fourth-order valence-electron chi connectivity index (χ4n) is 2.53. The van der Waals surface area contributed by atoms with Crippen molar-refractivity contribution in [1.82, 2.24) is 5.32 Å². The summed E-state index contributed by atoms with van der Waals surface area (Å²) >= 11 is 1.95. The first-order valence-corrected chi connectivity index (χ1v) is 8.05. The number of nitrogens with one attached hydrogen (secondary N) is 1. The van der Waals surface area contributed by atoms with E-state index in [0.29, 0.717) is 17.2 Å². The summed E-state index contributed by atoms with van der Waals surface area (Å²) in [6.07, 6.45) is 4.02. The van der Waals surface area contributed by atoms with Crippen molar-refractivity contribution in [2.24, 2.45) is 0 Å². The average Bonchev–Trinajstić information content (AvgIpc) is 2.93. The summed E-state index contributed by atoms with van der Waals surface area (Å²) < 4.78 is 27.0. The topological polar surface area (TPSA) is 12.0 Å². The maximum atomic E-state index is 13.8. The third-order valence-corrected chi connectivity index (χ3v) is 5.06. The van der Waals surface area contributed by atoms with Crippen LogP contribution in [0.5, 0.6) is 0 Å². The summed E-state index contributed by atoms with van der Waals surface area (Å²) in [6, 6.07) is 4.70. The van der Waals surface area contributed by atoms with Gasteiger partial charge < -0.3 is 5.32 Å². The standard InChI is InChI=1S/C15H21F2NS/c1-2-8-18-13(14-7-4-9-19-14)10-11-5-3-6-12(16)15(11)17/h3,5-6,13-14,18H,2,4,7-10H2,1H3. The normalized spacial score (nSPS) is 20.7. The fourth-order valence-corrected chi connectivity index (χ4v) is 3.92. The van der Waals surface area contributed by atoms with E-state index >= 15 is 0 Å². The summed E-state index contributed by atoms with van der Waals surface area (Å²) in [5, 5.41) is 4.02. The van der Waals surface area contributed by atoms with Crippen molar-refractivity contribution in [2.45, 2.75) is 43.9 Å². The highest BCUT2D eigenvalue weighted by Gasteiger charge is 2.26. The molecule has 1 nitrogen and oxygen atoms in total. The van der Waals surface area contributed by atoms with Gasteiger partial charge in [0.25, 0.3) is 0 Å². The third-order valence-electron chi connectivity index (χ3n) is 3.54. The van der Waals surface area contributed by atoms with E-state index < -0.39 is 11.6 Å². The first-order valence-electron chi connectivity index (χ1n) is 7.00. The van der Waals surface area contributed by atoms with E-state index in [-0.39, 0.29) is 6.04 Å². The summed E-state index contributed by atoms with van der Waals surface area (Å²) in [6.45, 7) is 3.05. The Kier molecular flexibility index (Phi) is 5.64. The minimum atomic E-state index is -0.745. The summed E-state index contributed by atoms with van der Waals surface area (Å²) in [4.78, 5) is 0. The number of hydrogen-bond donors (Lipinski definition) is 1. The summed E-state index contributed by atoms with van der Waals surface area (Å²) in [5.41, 5.74) is 0.487. The Morgan fingerprint density at radius 2 is 2.26 bits per heavy atom. The van der Waals surface area contributed by atoms with E-state index in [9.17, 15) is 8.78 Å². The van der Waals surface area contributed by atoms with Gasteiger partial charge in [-0.25, -0.2) is 8.78 Å². The number of thioether (sulfide) groups is 1. The van der Waals surface area contributed by atoms with Gasteiger partial charge in [-0.2, -0.15) is 11.8 Å². The van der Waals surface area contributed by atoms with Crippen LogP contribution in [0.25, 0.3) is 0 Å². The Morgan fingerprint density at radius 1 is 1.42 bits per heavy atom. The van der Waals surface area contributed by atoms with Crippen molar-refractivity contribution in [3.05, 3.63) is 35.4 Å². The zero-order valence-electron chi connectivity index (χ0n) is 11.3. The van der Waals surface area contributed by atoms with E-state index in [1.165, 1.54) is 24.7 Å². The first kappa shape index (κ1) is 14.8. The van der Waals surface area contributed by atoms with Crippen LogP contribution in [0.15, 0.2) is 18.2 Å². The van der Waals surface area contributed by atoms with Crippen LogP contribution in [0.1, 0.15) is 31.7 Å². The Morgan fingerprint density at radius 3 is 2.95 bits per heavy atom. The van der Waals surface area contributed by atoms with E-state index in [4.69, 9.17) is 0 Å². The van der Waals surface area contributed by atoms with Gasteiger partial charge in [-0.15, -0.1) is 0 Å². The van der Waals surface area contributed by atoms with E-state index in [0.717, 1.165) is 13.0 Å². The molecule has 0 spiro atoms. The molecule has 1 heterocycles. The Hall–Kier alpha value is -0.610. The highest BCUT2D eigenvalue weighted by molar-refractivity contribution is 8.00. The van der Waals surface area contributed by atoms with E-state index in [1.807, 2.05) is 11.8 Å². The van der Waals surface area contributed by atoms with E-state index in [2.05, 4.69) is 12.2 Å². The largest absolute Gasteiger partial charge is 0.313 e. The van der Waals surface area contributed by atoms with Crippen molar-refractivity contribution in [2.75, 3.05) is 12.3 Å². The van der Waals surface area contributed by atoms with Gasteiger partial charge >= 0.3 is 0 Å². The lowest BCUT2D eigenvalue weighted by Crippen LogP contribution is -2.39. The van der Waals surface area contributed by atoms with Crippen LogP contribution < -0.4 is 5.32 Å². The lowest BCUT2D eigenvalue weighted by Gasteiger charge is -2.24. The van der Waals surface area contributed by atoms with Gasteiger partial charge in [-0.1, -0.05) is 19.1 Å². The van der Waals surface area contributed by atoms with Crippen molar-refractivity contribution in [3.63, 3.8) is 0 Å². The van der Waals surface area contributed by atoms with Crippen molar-refractivity contribution in [1.29, 1.82) is 0 Å². The second kappa shape index (κ2) is 7.25. The molecule has 19 heavy (non-hydrogen) atoms. The highest BCUT2D eigenvalue weighted by Crippen LogP contribution is 2.30. The fraction of sp³-hybridized carbons (Fsp3) is 0.600. The molecule has 106 valence electrons. The molecule has 1 fully saturated rings. The highest BCUT2D eigenvalue weighted by atomic mass is 32.2. The number of rotatable bonds is 6. The van der Waals surface area contributed by atoms with E-state index in [1.54, 1.807) is 12.1 Å². The van der Waals surface area contributed by atoms with Crippen molar-refractivity contribution < 1.29 is 8.78 Å². The van der Waals surface area contributed by atoms with Gasteiger partial charge in [0.05, 0.1) is 0 Å². The molecule has 0 saturated carbocycles. The maximum absolute atomic E-state index is 13.8. The predicted molar refractivity (Wildman–Crippen MR) is 77.6 cm³/mol. The molecule has 2 unspecified atom stereocenters. The number of halogens is 2. The summed E-state index contributed by atoms with van der Waals surface area (Å²) in [7, 11) is 0. The second-order valence-electron chi connectivity index (χ2n) is 5.03. The van der Waals surface area contributed by atoms with Gasteiger partial charge in [0.15, 0.2) is 11.6 Å². The second-order valence-corrected chi connectivity index (χ2v) is 6.38. The minimum Gasteiger partial charge on any atom is -0.313 e. The van der Waals surface area contributed by atoms with Crippen LogP contribution in [-0.4, -0.2) is 23.6 Å². The molecule has 0 amide bonds. The molecular formula is C15H21F2NS. The SMILES string of the molecule is CCCNC(Cc1cccc(F)c1F)C1CCCS1. The Labute approximate surface area is 118 Å². The lowest BCUT2D eigenvalue weighted by atomic mass is 10.00. The van der Waals surface area contributed by atoms with Gasteiger partial charge in [0.1, 0.15) is 0 Å². The van der Waals surface area contributed by atoms with Crippen LogP contribution in [0.4, 0.5) is 8.78 Å². The average molecular weight is 285 g/mol. The molecular weight excluding hydrogens is 264 g/mol. The molecule has 4 heteroatoms. The maximum Gasteiger partial charge on any atom is 0.162 e. The predicted octanol–water partition coefficient (Wildman–Crippen LogP) is 3.77. The quantitative estimate of drug-likeness (QED) is 0.854. The number of hydrogen-bond acceptors (Lipinski definition) is 2. The van der Waals surface area contributed by atoms with Crippen LogP contribution in [0, 0.1) is 11.6 Å². The Balaban J connectivity index is 2.07.